The van der Waals surface area contributed by atoms with Crippen molar-refractivity contribution in [3.05, 3.63) is 52.6 Å². The Bertz CT molecular complexity index is 1110. The molecule has 4 N–H and O–H groups in total. The monoisotopic (exact) mass is 509 g/mol. The highest BCUT2D eigenvalue weighted by atomic mass is 16.2. The first-order valence-corrected chi connectivity index (χ1v) is 13.6. The van der Waals surface area contributed by atoms with Gasteiger partial charge in [-0.1, -0.05) is 32.9 Å². The van der Waals surface area contributed by atoms with E-state index in [1.807, 2.05) is 36.9 Å². The summed E-state index contributed by atoms with van der Waals surface area (Å²) >= 11 is 0. The quantitative estimate of drug-likeness (QED) is 0.552. The normalized spacial score (nSPS) is 22.5. The Kier molecular flexibility index (Phi) is 8.67. The number of amides is 1. The third kappa shape index (κ3) is 6.22. The fourth-order valence-electron chi connectivity index (χ4n) is 5.42. The van der Waals surface area contributed by atoms with Gasteiger partial charge in [-0.05, 0) is 61.4 Å². The molecular weight excluding hydrogens is 466 g/mol. The van der Waals surface area contributed by atoms with Gasteiger partial charge in [-0.2, -0.15) is 4.98 Å². The zero-order valence-electron chi connectivity index (χ0n) is 22.7. The van der Waals surface area contributed by atoms with Crippen molar-refractivity contribution in [1.82, 2.24) is 19.4 Å². The summed E-state index contributed by atoms with van der Waals surface area (Å²) in [6.45, 7) is 13.8. The number of nitrogens with two attached hydrogens (primary N) is 2. The molecule has 2 saturated heterocycles. The summed E-state index contributed by atoms with van der Waals surface area (Å²) in [6.07, 6.45) is 2.75. The Morgan fingerprint density at radius 2 is 1.73 bits per heavy atom. The Labute approximate surface area is 220 Å². The number of nitrogens with zero attached hydrogens (tertiary/aromatic N) is 5. The van der Waals surface area contributed by atoms with Crippen molar-refractivity contribution >= 4 is 11.7 Å². The summed E-state index contributed by atoms with van der Waals surface area (Å²) in [5.41, 5.74) is 13.7. The SMILES string of the molecule is CC(C)C(N)C(=O)N1CCN(c2ccn(-c3ccc(CC(C)N4CC(C)[C@H](CN)C4)cc3)c(=O)n2)CC1. The van der Waals surface area contributed by atoms with E-state index >= 15 is 0 Å². The molecule has 0 radical (unpaired) electrons. The maximum absolute atomic E-state index is 12.9. The second-order valence-electron chi connectivity index (χ2n) is 11.2. The number of aromatic nitrogens is 2. The Morgan fingerprint density at radius 1 is 1.05 bits per heavy atom. The van der Waals surface area contributed by atoms with E-state index in [2.05, 4.69) is 40.8 Å². The van der Waals surface area contributed by atoms with Crippen molar-refractivity contribution in [2.75, 3.05) is 50.7 Å². The van der Waals surface area contributed by atoms with Crippen LogP contribution in [0.15, 0.2) is 41.3 Å². The predicted octanol–water partition coefficient (Wildman–Crippen LogP) is 1.32. The topological polar surface area (TPSA) is 114 Å². The molecule has 3 heterocycles. The number of hydrogen-bond acceptors (Lipinski definition) is 7. The molecule has 9 heteroatoms. The zero-order valence-corrected chi connectivity index (χ0v) is 22.7. The van der Waals surface area contributed by atoms with Gasteiger partial charge in [0.1, 0.15) is 5.82 Å². The van der Waals surface area contributed by atoms with E-state index in [-0.39, 0.29) is 17.5 Å². The molecule has 4 rings (SSSR count). The molecule has 2 aromatic rings. The maximum atomic E-state index is 12.9. The van der Waals surface area contributed by atoms with Gasteiger partial charge < -0.3 is 21.3 Å². The first-order valence-electron chi connectivity index (χ1n) is 13.6. The van der Waals surface area contributed by atoms with Gasteiger partial charge >= 0.3 is 5.69 Å². The summed E-state index contributed by atoms with van der Waals surface area (Å²) in [5.74, 6) is 1.97. The van der Waals surface area contributed by atoms with Crippen LogP contribution in [0.1, 0.15) is 33.3 Å². The number of likely N-dealkylation sites (tertiary alicyclic amines) is 1. The summed E-state index contributed by atoms with van der Waals surface area (Å²) in [5, 5.41) is 0. The second-order valence-corrected chi connectivity index (χ2v) is 11.2. The molecule has 0 aliphatic carbocycles. The Balaban J connectivity index is 1.35. The van der Waals surface area contributed by atoms with E-state index in [0.29, 0.717) is 49.9 Å². The van der Waals surface area contributed by atoms with Crippen LogP contribution in [-0.2, 0) is 11.2 Å². The van der Waals surface area contributed by atoms with Crippen molar-refractivity contribution in [3.63, 3.8) is 0 Å². The average Bonchev–Trinajstić information content (AvgIpc) is 3.29. The van der Waals surface area contributed by atoms with Gasteiger partial charge in [-0.15, -0.1) is 0 Å². The van der Waals surface area contributed by atoms with Crippen LogP contribution in [0.3, 0.4) is 0 Å². The molecule has 202 valence electrons. The third-order valence-electron chi connectivity index (χ3n) is 8.18. The van der Waals surface area contributed by atoms with Crippen molar-refractivity contribution in [1.29, 1.82) is 0 Å². The lowest BCUT2D eigenvalue weighted by atomic mass is 9.99. The molecular formula is C28H43N7O2. The number of carbonyl (C=O) groups excluding carboxylic acids is 1. The lowest BCUT2D eigenvalue weighted by molar-refractivity contribution is -0.133. The number of benzene rings is 1. The number of anilines is 1. The largest absolute Gasteiger partial charge is 0.354 e. The van der Waals surface area contributed by atoms with Crippen LogP contribution in [0.5, 0.6) is 0 Å². The zero-order chi connectivity index (χ0) is 26.7. The van der Waals surface area contributed by atoms with Crippen molar-refractivity contribution in [2.45, 2.75) is 46.2 Å². The van der Waals surface area contributed by atoms with Gasteiger partial charge in [0.25, 0.3) is 0 Å². The van der Waals surface area contributed by atoms with E-state index in [4.69, 9.17) is 11.5 Å². The first-order chi connectivity index (χ1) is 17.7. The van der Waals surface area contributed by atoms with Gasteiger partial charge in [0.15, 0.2) is 0 Å². The highest BCUT2D eigenvalue weighted by Gasteiger charge is 2.31. The molecule has 2 aliphatic heterocycles. The van der Waals surface area contributed by atoms with E-state index in [1.165, 1.54) is 5.56 Å². The summed E-state index contributed by atoms with van der Waals surface area (Å²) in [7, 11) is 0. The van der Waals surface area contributed by atoms with Gasteiger partial charge in [-0.3, -0.25) is 14.3 Å². The maximum Gasteiger partial charge on any atom is 0.354 e. The number of hydrogen-bond donors (Lipinski definition) is 2. The molecule has 1 aromatic carbocycles. The molecule has 1 amide bonds. The molecule has 0 bridgehead atoms. The highest BCUT2D eigenvalue weighted by molar-refractivity contribution is 5.82. The molecule has 0 saturated carbocycles. The van der Waals surface area contributed by atoms with E-state index in [1.54, 1.807) is 10.8 Å². The minimum atomic E-state index is -0.476. The summed E-state index contributed by atoms with van der Waals surface area (Å²) < 4.78 is 1.58. The van der Waals surface area contributed by atoms with Crippen molar-refractivity contribution in [2.24, 2.45) is 29.2 Å². The molecule has 2 aliphatic rings. The standard InChI is InChI=1S/C28H43N7O2/c1-19(2)26(30)27(36)33-13-11-32(12-14-33)25-9-10-35(28(37)31-25)24-7-5-22(6-8-24)15-21(4)34-17-20(3)23(16-29)18-34/h5-10,19-21,23,26H,11-18,29-30H2,1-4H3/t20?,21?,23-,26?/m1/s1. The Hall–Kier alpha value is -2.75. The van der Waals surface area contributed by atoms with Crippen LogP contribution in [-0.4, -0.2) is 83.2 Å². The first kappa shape index (κ1) is 27.3. The summed E-state index contributed by atoms with van der Waals surface area (Å²) in [6, 6.07) is 10.0. The molecule has 4 atom stereocenters. The number of carbonyl (C=O) groups is 1. The van der Waals surface area contributed by atoms with Crippen molar-refractivity contribution in [3.8, 4) is 5.69 Å². The fourth-order valence-corrected chi connectivity index (χ4v) is 5.42. The van der Waals surface area contributed by atoms with Gasteiger partial charge in [0.05, 0.1) is 11.7 Å². The molecule has 2 fully saturated rings. The smallest absolute Gasteiger partial charge is 0.353 e. The van der Waals surface area contributed by atoms with E-state index in [9.17, 15) is 9.59 Å². The van der Waals surface area contributed by atoms with E-state index < -0.39 is 6.04 Å². The minimum Gasteiger partial charge on any atom is -0.353 e. The Morgan fingerprint density at radius 3 is 2.30 bits per heavy atom. The fraction of sp³-hybridized carbons (Fsp3) is 0.607. The highest BCUT2D eigenvalue weighted by Crippen LogP contribution is 2.25. The van der Waals surface area contributed by atoms with Crippen LogP contribution in [0.4, 0.5) is 5.82 Å². The van der Waals surface area contributed by atoms with Crippen LogP contribution in [0, 0.1) is 17.8 Å². The minimum absolute atomic E-state index is 0.00869. The van der Waals surface area contributed by atoms with Crippen LogP contribution in [0.25, 0.3) is 5.69 Å². The molecule has 37 heavy (non-hydrogen) atoms. The average molecular weight is 510 g/mol. The predicted molar refractivity (Wildman–Crippen MR) is 148 cm³/mol. The second kappa shape index (κ2) is 11.8. The molecule has 1 aromatic heterocycles. The lowest BCUT2D eigenvalue weighted by Gasteiger charge is -2.36. The van der Waals surface area contributed by atoms with Crippen molar-refractivity contribution < 1.29 is 4.79 Å². The number of rotatable bonds is 8. The van der Waals surface area contributed by atoms with Crippen LogP contribution < -0.4 is 22.1 Å². The van der Waals surface area contributed by atoms with Gasteiger partial charge in [0.2, 0.25) is 5.91 Å². The molecule has 3 unspecified atom stereocenters. The summed E-state index contributed by atoms with van der Waals surface area (Å²) in [4.78, 5) is 36.1. The lowest BCUT2D eigenvalue weighted by Crippen LogP contribution is -2.54. The molecule has 0 spiro atoms. The van der Waals surface area contributed by atoms with Crippen LogP contribution >= 0.6 is 0 Å². The number of piperazine rings is 1. The molecule has 9 nitrogen and oxygen atoms in total. The van der Waals surface area contributed by atoms with E-state index in [0.717, 1.165) is 31.7 Å². The van der Waals surface area contributed by atoms with Gasteiger partial charge in [0, 0.05) is 51.5 Å². The van der Waals surface area contributed by atoms with Crippen LogP contribution in [0.2, 0.25) is 0 Å². The van der Waals surface area contributed by atoms with Gasteiger partial charge in [-0.25, -0.2) is 4.79 Å². The third-order valence-corrected chi connectivity index (χ3v) is 8.18.